The van der Waals surface area contributed by atoms with Crippen LogP contribution in [0, 0.1) is 0 Å². The average molecular weight is 160 g/mol. The van der Waals surface area contributed by atoms with E-state index in [1.165, 1.54) is 0 Å². The minimum absolute atomic E-state index is 0.537. The van der Waals surface area contributed by atoms with Crippen molar-refractivity contribution in [3.8, 4) is 0 Å². The first-order valence-corrected chi connectivity index (χ1v) is 4.17. The van der Waals surface area contributed by atoms with Gasteiger partial charge in [-0.15, -0.1) is 0 Å². The molecule has 0 radical (unpaired) electrons. The van der Waals surface area contributed by atoms with E-state index in [-0.39, 0.29) is 0 Å². The van der Waals surface area contributed by atoms with Gasteiger partial charge >= 0.3 is 0 Å². The van der Waals surface area contributed by atoms with Crippen molar-refractivity contribution >= 4 is 0 Å². The van der Waals surface area contributed by atoms with Crippen molar-refractivity contribution in [3.05, 3.63) is 0 Å². The minimum Gasteiger partial charge on any atom is -0.389 e. The number of hydrazine groups is 1. The largest absolute Gasteiger partial charge is 0.389 e. The Bertz CT molecular complexity index is 100. The van der Waals surface area contributed by atoms with Gasteiger partial charge in [-0.25, -0.2) is 0 Å². The topological polar surface area (TPSA) is 35.5 Å². The Labute approximate surface area is 69.4 Å². The molecular formula is C8H20N2O. The lowest BCUT2D eigenvalue weighted by Gasteiger charge is -2.27. The van der Waals surface area contributed by atoms with Crippen LogP contribution in [0.4, 0.5) is 0 Å². The van der Waals surface area contributed by atoms with Crippen LogP contribution in [-0.4, -0.2) is 36.4 Å². The summed E-state index contributed by atoms with van der Waals surface area (Å²) in [5.74, 6) is 0. The summed E-state index contributed by atoms with van der Waals surface area (Å²) >= 11 is 0. The Hall–Kier alpha value is -0.120. The Morgan fingerprint density at radius 1 is 1.27 bits per heavy atom. The van der Waals surface area contributed by atoms with E-state index >= 15 is 0 Å². The number of nitrogens with one attached hydrogen (secondary N) is 1. The zero-order valence-corrected chi connectivity index (χ0v) is 8.02. The first kappa shape index (κ1) is 10.9. The number of hydrogen-bond acceptors (Lipinski definition) is 3. The summed E-state index contributed by atoms with van der Waals surface area (Å²) in [4.78, 5) is 0. The van der Waals surface area contributed by atoms with E-state index in [4.69, 9.17) is 0 Å². The van der Waals surface area contributed by atoms with E-state index < -0.39 is 5.60 Å². The molecule has 0 aliphatic carbocycles. The summed E-state index contributed by atoms with van der Waals surface area (Å²) < 4.78 is 0. The number of rotatable bonds is 5. The third-order valence-corrected chi connectivity index (χ3v) is 2.04. The first-order valence-electron chi connectivity index (χ1n) is 4.17. The fourth-order valence-corrected chi connectivity index (χ4v) is 0.805. The van der Waals surface area contributed by atoms with Crippen LogP contribution in [0.1, 0.15) is 26.7 Å². The SMILES string of the molecule is CCC(O)(CC)CNN(C)C. The molecule has 0 rings (SSSR count). The number of nitrogens with zero attached hydrogens (tertiary/aromatic N) is 1. The van der Waals surface area contributed by atoms with E-state index in [9.17, 15) is 5.11 Å². The fraction of sp³-hybridized carbons (Fsp3) is 1.00. The molecule has 0 saturated heterocycles. The molecule has 0 amide bonds. The molecule has 0 spiro atoms. The Kier molecular flexibility index (Phi) is 4.65. The van der Waals surface area contributed by atoms with Gasteiger partial charge in [0.1, 0.15) is 0 Å². The molecule has 3 nitrogen and oxygen atoms in total. The maximum absolute atomic E-state index is 9.79. The second-order valence-electron chi connectivity index (χ2n) is 3.16. The van der Waals surface area contributed by atoms with E-state index in [0.29, 0.717) is 6.54 Å². The zero-order chi connectivity index (χ0) is 8.91. The third-order valence-electron chi connectivity index (χ3n) is 2.04. The van der Waals surface area contributed by atoms with Crippen LogP contribution < -0.4 is 5.43 Å². The highest BCUT2D eigenvalue weighted by Gasteiger charge is 2.21. The smallest absolute Gasteiger partial charge is 0.0780 e. The van der Waals surface area contributed by atoms with Gasteiger partial charge in [-0.05, 0) is 12.8 Å². The molecular weight excluding hydrogens is 140 g/mol. The second kappa shape index (κ2) is 4.70. The van der Waals surface area contributed by atoms with Crippen molar-refractivity contribution in [3.63, 3.8) is 0 Å². The summed E-state index contributed by atoms with van der Waals surface area (Å²) in [6.07, 6.45) is 1.59. The van der Waals surface area contributed by atoms with Crippen LogP contribution in [0.2, 0.25) is 0 Å². The van der Waals surface area contributed by atoms with E-state index in [1.54, 1.807) is 0 Å². The van der Waals surface area contributed by atoms with E-state index in [0.717, 1.165) is 12.8 Å². The predicted octanol–water partition coefficient (Wildman–Crippen LogP) is 0.604. The molecule has 0 aromatic rings. The molecule has 0 aromatic carbocycles. The second-order valence-corrected chi connectivity index (χ2v) is 3.16. The minimum atomic E-state index is -0.537. The highest BCUT2D eigenvalue weighted by molar-refractivity contribution is 4.76. The molecule has 11 heavy (non-hydrogen) atoms. The molecule has 68 valence electrons. The molecule has 3 heteroatoms. The highest BCUT2D eigenvalue weighted by atomic mass is 16.3. The molecule has 0 aliphatic rings. The quantitative estimate of drug-likeness (QED) is 0.578. The molecule has 2 N–H and O–H groups in total. The van der Waals surface area contributed by atoms with Crippen molar-refractivity contribution in [2.75, 3.05) is 20.6 Å². The third kappa shape index (κ3) is 4.35. The zero-order valence-electron chi connectivity index (χ0n) is 8.02. The van der Waals surface area contributed by atoms with Crippen molar-refractivity contribution in [2.45, 2.75) is 32.3 Å². The van der Waals surface area contributed by atoms with Gasteiger partial charge in [-0.3, -0.25) is 10.4 Å². The van der Waals surface area contributed by atoms with Crippen molar-refractivity contribution in [1.29, 1.82) is 0 Å². The Morgan fingerprint density at radius 2 is 1.73 bits per heavy atom. The molecule has 0 unspecified atom stereocenters. The van der Waals surface area contributed by atoms with Gasteiger partial charge < -0.3 is 5.11 Å². The lowest BCUT2D eigenvalue weighted by Crippen LogP contribution is -2.44. The van der Waals surface area contributed by atoms with Crippen LogP contribution in [0.3, 0.4) is 0 Å². The maximum Gasteiger partial charge on any atom is 0.0780 e. The van der Waals surface area contributed by atoms with Crippen LogP contribution in [-0.2, 0) is 0 Å². The number of aliphatic hydroxyl groups is 1. The lowest BCUT2D eigenvalue weighted by molar-refractivity contribution is 0.0171. The number of hydrogen-bond donors (Lipinski definition) is 2. The van der Waals surface area contributed by atoms with Crippen molar-refractivity contribution in [2.24, 2.45) is 0 Å². The molecule has 0 heterocycles. The summed E-state index contributed by atoms with van der Waals surface area (Å²) in [7, 11) is 3.84. The van der Waals surface area contributed by atoms with Gasteiger partial charge in [0.05, 0.1) is 5.60 Å². The average Bonchev–Trinajstić information content (AvgIpc) is 2.00. The Morgan fingerprint density at radius 3 is 2.00 bits per heavy atom. The molecule has 0 aromatic heterocycles. The molecule has 0 atom stereocenters. The summed E-state index contributed by atoms with van der Waals surface area (Å²) in [5.41, 5.74) is 2.53. The molecule has 0 aliphatic heterocycles. The molecule has 0 bridgehead atoms. The standard InChI is InChI=1S/C8H20N2O/c1-5-8(11,6-2)7-9-10(3)4/h9,11H,5-7H2,1-4H3. The van der Waals surface area contributed by atoms with Crippen LogP contribution in [0.15, 0.2) is 0 Å². The van der Waals surface area contributed by atoms with Crippen molar-refractivity contribution < 1.29 is 5.11 Å². The Balaban J connectivity index is 3.69. The fourth-order valence-electron chi connectivity index (χ4n) is 0.805. The van der Waals surface area contributed by atoms with Gasteiger partial charge in [0.15, 0.2) is 0 Å². The van der Waals surface area contributed by atoms with Crippen molar-refractivity contribution in [1.82, 2.24) is 10.4 Å². The first-order chi connectivity index (χ1) is 5.04. The monoisotopic (exact) mass is 160 g/mol. The van der Waals surface area contributed by atoms with E-state index in [2.05, 4.69) is 5.43 Å². The van der Waals surface area contributed by atoms with Gasteiger partial charge in [0.25, 0.3) is 0 Å². The highest BCUT2D eigenvalue weighted by Crippen LogP contribution is 2.12. The lowest BCUT2D eigenvalue weighted by atomic mass is 9.98. The summed E-state index contributed by atoms with van der Waals surface area (Å²) in [5, 5.41) is 11.6. The van der Waals surface area contributed by atoms with Gasteiger partial charge in [-0.2, -0.15) is 0 Å². The van der Waals surface area contributed by atoms with Crippen LogP contribution in [0.25, 0.3) is 0 Å². The molecule has 0 saturated carbocycles. The summed E-state index contributed by atoms with van der Waals surface area (Å²) in [6.45, 7) is 4.63. The van der Waals surface area contributed by atoms with Gasteiger partial charge in [0, 0.05) is 20.6 Å². The normalized spacial score (nSPS) is 12.5. The van der Waals surface area contributed by atoms with Crippen LogP contribution >= 0.6 is 0 Å². The molecule has 0 fully saturated rings. The summed E-state index contributed by atoms with van der Waals surface area (Å²) in [6, 6.07) is 0. The van der Waals surface area contributed by atoms with E-state index in [1.807, 2.05) is 33.0 Å². The van der Waals surface area contributed by atoms with Crippen LogP contribution in [0.5, 0.6) is 0 Å². The maximum atomic E-state index is 9.79. The van der Waals surface area contributed by atoms with Gasteiger partial charge in [-0.1, -0.05) is 13.8 Å². The van der Waals surface area contributed by atoms with Gasteiger partial charge in [0.2, 0.25) is 0 Å². The predicted molar refractivity (Wildman–Crippen MR) is 47.2 cm³/mol.